The van der Waals surface area contributed by atoms with Gasteiger partial charge in [-0.3, -0.25) is 4.79 Å². The Morgan fingerprint density at radius 1 is 1.16 bits per heavy atom. The maximum atomic E-state index is 15.0. The predicted octanol–water partition coefficient (Wildman–Crippen LogP) is 2.41. The molecule has 2 aromatic rings. The van der Waals surface area contributed by atoms with Gasteiger partial charge in [0.05, 0.1) is 37.6 Å². The van der Waals surface area contributed by atoms with Gasteiger partial charge in [0.1, 0.15) is 17.8 Å². The molecule has 1 aromatic heterocycles. The van der Waals surface area contributed by atoms with E-state index in [1.165, 1.54) is 0 Å². The fraction of sp³-hybridized carbons (Fsp3) is 0.526. The molecule has 2 aliphatic heterocycles. The topological polar surface area (TPSA) is 84.2 Å². The zero-order valence-corrected chi connectivity index (χ0v) is 16.0. The van der Waals surface area contributed by atoms with E-state index in [1.54, 1.807) is 0 Å². The summed E-state index contributed by atoms with van der Waals surface area (Å²) in [7, 11) is 0. The Hall–Kier alpha value is -2.44. The van der Waals surface area contributed by atoms with Crippen molar-refractivity contribution < 1.29 is 45.7 Å². The minimum absolute atomic E-state index is 0.00578. The fourth-order valence-corrected chi connectivity index (χ4v) is 3.63. The SMILES string of the molecule is O=C1NCCN(CC(F)(F)C2COC(CO)CO2)c2c1oc1ccc(C(F)(F)F)cc21. The molecule has 31 heavy (non-hydrogen) atoms. The van der Waals surface area contributed by atoms with Crippen LogP contribution in [0.4, 0.5) is 27.6 Å². The van der Waals surface area contributed by atoms with Crippen molar-refractivity contribution in [2.45, 2.75) is 24.3 Å². The molecule has 1 aromatic carbocycles. The Bertz CT molecular complexity index is 968. The molecule has 170 valence electrons. The number of benzene rings is 1. The molecule has 0 saturated carbocycles. The van der Waals surface area contributed by atoms with Crippen molar-refractivity contribution in [1.29, 1.82) is 0 Å². The number of carbonyl (C=O) groups is 1. The summed E-state index contributed by atoms with van der Waals surface area (Å²) in [6, 6.07) is 2.64. The average molecular weight is 450 g/mol. The Balaban J connectivity index is 1.69. The highest BCUT2D eigenvalue weighted by molar-refractivity contribution is 6.07. The summed E-state index contributed by atoms with van der Waals surface area (Å²) in [4.78, 5) is 13.5. The van der Waals surface area contributed by atoms with Crippen LogP contribution in [0.2, 0.25) is 0 Å². The summed E-state index contributed by atoms with van der Waals surface area (Å²) < 4.78 is 85.3. The number of aliphatic hydroxyl groups excluding tert-OH is 1. The second-order valence-electron chi connectivity index (χ2n) is 7.39. The van der Waals surface area contributed by atoms with Gasteiger partial charge in [0, 0.05) is 18.5 Å². The lowest BCUT2D eigenvalue weighted by Crippen LogP contribution is -2.52. The molecule has 2 aliphatic rings. The van der Waals surface area contributed by atoms with Crippen LogP contribution < -0.4 is 10.2 Å². The molecule has 1 fully saturated rings. The number of hydrogen-bond acceptors (Lipinski definition) is 6. The number of carbonyl (C=O) groups excluding carboxylic acids is 1. The Morgan fingerprint density at radius 2 is 1.94 bits per heavy atom. The molecule has 2 N–H and O–H groups in total. The van der Waals surface area contributed by atoms with Gasteiger partial charge in [-0.1, -0.05) is 0 Å². The van der Waals surface area contributed by atoms with Crippen molar-refractivity contribution >= 4 is 22.6 Å². The van der Waals surface area contributed by atoms with Gasteiger partial charge in [-0.15, -0.1) is 0 Å². The van der Waals surface area contributed by atoms with Crippen LogP contribution in [-0.2, 0) is 15.7 Å². The van der Waals surface area contributed by atoms with E-state index in [0.29, 0.717) is 0 Å². The lowest BCUT2D eigenvalue weighted by atomic mass is 10.1. The third-order valence-corrected chi connectivity index (χ3v) is 5.22. The number of ether oxygens (including phenoxy) is 2. The Labute approximate surface area is 172 Å². The molecule has 0 bridgehead atoms. The van der Waals surface area contributed by atoms with Crippen LogP contribution in [0.1, 0.15) is 16.1 Å². The number of hydrogen-bond donors (Lipinski definition) is 2. The number of rotatable bonds is 4. The zero-order chi connectivity index (χ0) is 22.4. The third-order valence-electron chi connectivity index (χ3n) is 5.22. The molecule has 12 heteroatoms. The van der Waals surface area contributed by atoms with Crippen LogP contribution in [0.3, 0.4) is 0 Å². The lowest BCUT2D eigenvalue weighted by molar-refractivity contribution is -0.216. The summed E-state index contributed by atoms with van der Waals surface area (Å²) in [5.41, 5.74) is -1.13. The van der Waals surface area contributed by atoms with Gasteiger partial charge >= 0.3 is 6.18 Å². The molecule has 7 nitrogen and oxygen atoms in total. The van der Waals surface area contributed by atoms with Crippen LogP contribution >= 0.6 is 0 Å². The van der Waals surface area contributed by atoms with Gasteiger partial charge in [-0.05, 0) is 18.2 Å². The largest absolute Gasteiger partial charge is 0.449 e. The highest BCUT2D eigenvalue weighted by Crippen LogP contribution is 2.40. The summed E-state index contributed by atoms with van der Waals surface area (Å²) in [5.74, 6) is -4.49. The quantitative estimate of drug-likeness (QED) is 0.697. The van der Waals surface area contributed by atoms with Crippen molar-refractivity contribution in [2.75, 3.05) is 44.4 Å². The maximum Gasteiger partial charge on any atom is 0.416 e. The normalized spacial score (nSPS) is 22.9. The van der Waals surface area contributed by atoms with E-state index in [-0.39, 0.29) is 48.7 Å². The smallest absolute Gasteiger partial charge is 0.416 e. The average Bonchev–Trinajstić information content (AvgIpc) is 3.04. The molecule has 0 radical (unpaired) electrons. The van der Waals surface area contributed by atoms with Crippen LogP contribution in [0.25, 0.3) is 11.0 Å². The zero-order valence-electron chi connectivity index (χ0n) is 16.0. The van der Waals surface area contributed by atoms with Crippen molar-refractivity contribution in [3.63, 3.8) is 0 Å². The third kappa shape index (κ3) is 4.19. The van der Waals surface area contributed by atoms with E-state index in [0.717, 1.165) is 23.1 Å². The minimum atomic E-state index is -4.66. The van der Waals surface area contributed by atoms with Gasteiger partial charge in [0.15, 0.2) is 0 Å². The van der Waals surface area contributed by atoms with E-state index >= 15 is 0 Å². The number of nitrogens with one attached hydrogen (secondary N) is 1. The first-order valence-electron chi connectivity index (χ1n) is 9.49. The van der Waals surface area contributed by atoms with E-state index < -0.39 is 48.9 Å². The molecule has 0 aliphatic carbocycles. The Kier molecular flexibility index (Phi) is 5.56. The highest BCUT2D eigenvalue weighted by Gasteiger charge is 2.46. The highest BCUT2D eigenvalue weighted by atomic mass is 19.4. The van der Waals surface area contributed by atoms with Gasteiger partial charge < -0.3 is 29.2 Å². The van der Waals surface area contributed by atoms with Gasteiger partial charge in [0.25, 0.3) is 11.8 Å². The van der Waals surface area contributed by atoms with Crippen LogP contribution in [0.5, 0.6) is 0 Å². The van der Waals surface area contributed by atoms with Crippen LogP contribution in [0.15, 0.2) is 22.6 Å². The second kappa shape index (κ2) is 7.92. The summed E-state index contributed by atoms with van der Waals surface area (Å²) in [6.45, 7) is -2.06. The van der Waals surface area contributed by atoms with Crippen molar-refractivity contribution in [2.24, 2.45) is 0 Å². The molecule has 2 atom stereocenters. The maximum absolute atomic E-state index is 15.0. The molecule has 4 rings (SSSR count). The summed E-state index contributed by atoms with van der Waals surface area (Å²) in [5, 5.41) is 11.4. The number of alkyl halides is 5. The van der Waals surface area contributed by atoms with Crippen molar-refractivity contribution in [1.82, 2.24) is 5.32 Å². The Morgan fingerprint density at radius 3 is 2.58 bits per heavy atom. The number of nitrogens with zero attached hydrogens (tertiary/aromatic N) is 1. The molecular formula is C19H19F5N2O5. The standard InChI is InChI=1S/C19H19F5N2O5/c20-18(21,14-8-29-11(6-27)7-30-14)9-26-4-3-25-17(28)16-15(26)12-5-10(19(22,23)24)1-2-13(12)31-16/h1-2,5,11,14,27H,3-4,6-9H2,(H,25,28). The molecule has 1 saturated heterocycles. The van der Waals surface area contributed by atoms with Crippen molar-refractivity contribution in [3.8, 4) is 0 Å². The van der Waals surface area contributed by atoms with Crippen LogP contribution in [-0.4, -0.2) is 68.6 Å². The lowest BCUT2D eigenvalue weighted by Gasteiger charge is -2.36. The number of anilines is 1. The molecule has 1 amide bonds. The van der Waals surface area contributed by atoms with E-state index in [4.69, 9.17) is 19.0 Å². The van der Waals surface area contributed by atoms with Gasteiger partial charge in [0.2, 0.25) is 5.76 Å². The van der Waals surface area contributed by atoms with E-state index in [1.807, 2.05) is 0 Å². The molecule has 3 heterocycles. The van der Waals surface area contributed by atoms with Gasteiger partial charge in [-0.25, -0.2) is 8.78 Å². The summed E-state index contributed by atoms with van der Waals surface area (Å²) in [6.07, 6.45) is -6.97. The predicted molar refractivity (Wildman–Crippen MR) is 97.3 cm³/mol. The summed E-state index contributed by atoms with van der Waals surface area (Å²) >= 11 is 0. The minimum Gasteiger partial charge on any atom is -0.449 e. The van der Waals surface area contributed by atoms with E-state index in [9.17, 15) is 26.7 Å². The number of aliphatic hydroxyl groups is 1. The first kappa shape index (κ1) is 21.8. The van der Waals surface area contributed by atoms with Crippen molar-refractivity contribution in [3.05, 3.63) is 29.5 Å². The number of halogens is 5. The number of fused-ring (bicyclic) bond motifs is 3. The fourth-order valence-electron chi connectivity index (χ4n) is 3.63. The molecule has 2 unspecified atom stereocenters. The number of furan rings is 1. The molecular weight excluding hydrogens is 431 g/mol. The van der Waals surface area contributed by atoms with Crippen LogP contribution in [0, 0.1) is 0 Å². The second-order valence-corrected chi connectivity index (χ2v) is 7.39. The number of amides is 1. The van der Waals surface area contributed by atoms with Gasteiger partial charge in [-0.2, -0.15) is 13.2 Å². The molecule has 0 spiro atoms. The monoisotopic (exact) mass is 450 g/mol. The first-order chi connectivity index (χ1) is 14.6. The van der Waals surface area contributed by atoms with E-state index in [2.05, 4.69) is 5.32 Å². The first-order valence-corrected chi connectivity index (χ1v) is 9.49.